The van der Waals surface area contributed by atoms with E-state index < -0.39 is 0 Å². The van der Waals surface area contributed by atoms with Crippen molar-refractivity contribution in [1.82, 2.24) is 15.1 Å². The molecule has 3 rings (SSSR count). The van der Waals surface area contributed by atoms with Gasteiger partial charge in [0.25, 0.3) is 5.89 Å². The number of aromatic nitrogens is 3. The first-order chi connectivity index (χ1) is 11.3. The number of methoxy groups -OCH3 is 1. The number of hydrogen-bond donors (Lipinski definition) is 0. The molecule has 1 atom stereocenters. The summed E-state index contributed by atoms with van der Waals surface area (Å²) in [7, 11) is 3.63. The summed E-state index contributed by atoms with van der Waals surface area (Å²) in [4.78, 5) is 10.9. The highest BCUT2D eigenvalue weighted by Gasteiger charge is 2.17. The first kappa shape index (κ1) is 15.9. The fourth-order valence-electron chi connectivity index (χ4n) is 2.65. The van der Waals surface area contributed by atoms with Crippen LogP contribution in [0.4, 0.5) is 5.82 Å². The minimum atomic E-state index is 0.294. The van der Waals surface area contributed by atoms with Crippen LogP contribution < -0.4 is 4.90 Å². The summed E-state index contributed by atoms with van der Waals surface area (Å²) in [6, 6.07) is 3.89. The Kier molecular flexibility index (Phi) is 5.19. The van der Waals surface area contributed by atoms with Crippen molar-refractivity contribution in [3.63, 3.8) is 0 Å². The molecule has 1 unspecified atom stereocenters. The van der Waals surface area contributed by atoms with Crippen LogP contribution in [0.3, 0.4) is 0 Å². The molecule has 7 heteroatoms. The van der Waals surface area contributed by atoms with Crippen LogP contribution in [0, 0.1) is 0 Å². The molecule has 0 spiro atoms. The Morgan fingerprint density at radius 1 is 1.35 bits per heavy atom. The molecular formula is C16H22N4O3. The maximum atomic E-state index is 5.77. The minimum absolute atomic E-state index is 0.294. The molecule has 0 amide bonds. The first-order valence-corrected chi connectivity index (χ1v) is 7.87. The van der Waals surface area contributed by atoms with Crippen LogP contribution in [0.15, 0.2) is 22.9 Å². The van der Waals surface area contributed by atoms with E-state index in [0.717, 1.165) is 31.0 Å². The third kappa shape index (κ3) is 4.05. The summed E-state index contributed by atoms with van der Waals surface area (Å²) in [5, 5.41) is 3.85. The maximum Gasteiger partial charge on any atom is 0.259 e. The Morgan fingerprint density at radius 2 is 2.26 bits per heavy atom. The van der Waals surface area contributed by atoms with Gasteiger partial charge in [-0.3, -0.25) is 0 Å². The van der Waals surface area contributed by atoms with Gasteiger partial charge in [-0.2, -0.15) is 4.98 Å². The molecule has 1 fully saturated rings. The van der Waals surface area contributed by atoms with Crippen LogP contribution >= 0.6 is 0 Å². The van der Waals surface area contributed by atoms with Gasteiger partial charge in [-0.15, -0.1) is 0 Å². The fourth-order valence-corrected chi connectivity index (χ4v) is 2.65. The Labute approximate surface area is 135 Å². The number of ether oxygens (including phenoxy) is 2. The Morgan fingerprint density at radius 3 is 2.96 bits per heavy atom. The highest BCUT2D eigenvalue weighted by atomic mass is 16.5. The van der Waals surface area contributed by atoms with Gasteiger partial charge in [0.05, 0.1) is 11.7 Å². The van der Waals surface area contributed by atoms with Crippen molar-refractivity contribution >= 4 is 5.82 Å². The van der Waals surface area contributed by atoms with Gasteiger partial charge in [0.1, 0.15) is 12.4 Å². The second-order valence-electron chi connectivity index (χ2n) is 5.72. The van der Waals surface area contributed by atoms with Gasteiger partial charge in [-0.25, -0.2) is 4.98 Å². The molecule has 7 nitrogen and oxygen atoms in total. The van der Waals surface area contributed by atoms with Crippen molar-refractivity contribution in [2.45, 2.75) is 32.0 Å². The summed E-state index contributed by atoms with van der Waals surface area (Å²) < 4.78 is 16.0. The number of anilines is 1. The van der Waals surface area contributed by atoms with Gasteiger partial charge in [-0.05, 0) is 31.4 Å². The van der Waals surface area contributed by atoms with Crippen LogP contribution in [-0.2, 0) is 16.1 Å². The number of nitrogens with zero attached hydrogens (tertiary/aromatic N) is 4. The molecule has 2 aromatic rings. The molecule has 0 radical (unpaired) electrons. The molecule has 0 aromatic carbocycles. The summed E-state index contributed by atoms with van der Waals surface area (Å²) >= 11 is 0. The van der Waals surface area contributed by atoms with Crippen molar-refractivity contribution < 1.29 is 14.0 Å². The van der Waals surface area contributed by atoms with E-state index >= 15 is 0 Å². The smallest absolute Gasteiger partial charge is 0.259 e. The second-order valence-corrected chi connectivity index (χ2v) is 5.72. The average Bonchev–Trinajstić information content (AvgIpc) is 3.05. The van der Waals surface area contributed by atoms with E-state index in [-0.39, 0.29) is 0 Å². The normalized spacial score (nSPS) is 18.1. The number of likely N-dealkylation sites (N-methyl/N-ethyl adjacent to an activating group) is 1. The molecule has 2 aromatic heterocycles. The van der Waals surface area contributed by atoms with Crippen molar-refractivity contribution in [3.05, 3.63) is 24.2 Å². The van der Waals surface area contributed by atoms with Gasteiger partial charge in [0.2, 0.25) is 0 Å². The van der Waals surface area contributed by atoms with Crippen LogP contribution in [0.25, 0.3) is 11.5 Å². The van der Waals surface area contributed by atoms with E-state index in [1.165, 1.54) is 12.8 Å². The molecule has 1 aliphatic heterocycles. The third-order valence-electron chi connectivity index (χ3n) is 3.88. The second kappa shape index (κ2) is 7.52. The summed E-state index contributed by atoms with van der Waals surface area (Å²) in [5.74, 6) is 1.88. The van der Waals surface area contributed by atoms with Gasteiger partial charge >= 0.3 is 0 Å². The van der Waals surface area contributed by atoms with E-state index in [4.69, 9.17) is 14.0 Å². The Hall–Kier alpha value is -1.99. The lowest BCUT2D eigenvalue weighted by Gasteiger charge is -2.28. The highest BCUT2D eigenvalue weighted by Crippen LogP contribution is 2.20. The zero-order valence-corrected chi connectivity index (χ0v) is 13.6. The van der Waals surface area contributed by atoms with Crippen molar-refractivity contribution in [2.24, 2.45) is 0 Å². The molecule has 1 saturated heterocycles. The van der Waals surface area contributed by atoms with Crippen LogP contribution in [-0.4, -0.2) is 48.5 Å². The monoisotopic (exact) mass is 318 g/mol. The Balaban J connectivity index is 1.63. The Bertz CT molecular complexity index is 608. The third-order valence-corrected chi connectivity index (χ3v) is 3.88. The SMILES string of the molecule is COCc1noc(-c2ccc(N(C)CC3CCCCO3)nc2)n1. The first-order valence-electron chi connectivity index (χ1n) is 7.87. The molecule has 0 N–H and O–H groups in total. The lowest BCUT2D eigenvalue weighted by atomic mass is 10.1. The van der Waals surface area contributed by atoms with Crippen LogP contribution in [0.5, 0.6) is 0 Å². The van der Waals surface area contributed by atoms with Crippen molar-refractivity contribution in [2.75, 3.05) is 32.2 Å². The van der Waals surface area contributed by atoms with E-state index in [1.807, 2.05) is 19.2 Å². The zero-order chi connectivity index (χ0) is 16.1. The largest absolute Gasteiger partial charge is 0.377 e. The molecule has 124 valence electrons. The van der Waals surface area contributed by atoms with Gasteiger partial charge in [0.15, 0.2) is 5.82 Å². The van der Waals surface area contributed by atoms with Gasteiger partial charge in [0, 0.05) is 33.5 Å². The van der Waals surface area contributed by atoms with Crippen molar-refractivity contribution in [1.29, 1.82) is 0 Å². The van der Waals surface area contributed by atoms with Crippen LogP contribution in [0.2, 0.25) is 0 Å². The molecule has 3 heterocycles. The summed E-state index contributed by atoms with van der Waals surface area (Å²) in [6.45, 7) is 2.05. The number of pyridine rings is 1. The van der Waals surface area contributed by atoms with Crippen LogP contribution in [0.1, 0.15) is 25.1 Å². The number of hydrogen-bond acceptors (Lipinski definition) is 7. The van der Waals surface area contributed by atoms with Gasteiger partial charge < -0.3 is 18.9 Å². The molecular weight excluding hydrogens is 296 g/mol. The van der Waals surface area contributed by atoms with E-state index in [2.05, 4.69) is 20.0 Å². The van der Waals surface area contributed by atoms with E-state index in [9.17, 15) is 0 Å². The lowest BCUT2D eigenvalue weighted by Crippen LogP contribution is -2.33. The molecule has 0 bridgehead atoms. The lowest BCUT2D eigenvalue weighted by molar-refractivity contribution is 0.0215. The zero-order valence-electron chi connectivity index (χ0n) is 13.6. The maximum absolute atomic E-state index is 5.77. The average molecular weight is 318 g/mol. The van der Waals surface area contributed by atoms with Gasteiger partial charge in [-0.1, -0.05) is 5.16 Å². The standard InChI is InChI=1S/C16H22N4O3/c1-20(10-13-5-3-4-8-22-13)15-7-6-12(9-17-15)16-18-14(11-21-2)19-23-16/h6-7,9,13H,3-5,8,10-11H2,1-2H3. The summed E-state index contributed by atoms with van der Waals surface area (Å²) in [6.07, 6.45) is 5.57. The highest BCUT2D eigenvalue weighted by molar-refractivity contribution is 5.54. The quantitative estimate of drug-likeness (QED) is 0.809. The summed E-state index contributed by atoms with van der Waals surface area (Å²) in [5.41, 5.74) is 0.797. The molecule has 0 saturated carbocycles. The molecule has 0 aliphatic carbocycles. The minimum Gasteiger partial charge on any atom is -0.377 e. The molecule has 1 aliphatic rings. The number of rotatable bonds is 6. The van der Waals surface area contributed by atoms with Crippen molar-refractivity contribution in [3.8, 4) is 11.5 Å². The predicted octanol–water partition coefficient (Wildman–Crippen LogP) is 2.28. The van der Waals surface area contributed by atoms with E-state index in [0.29, 0.717) is 24.4 Å². The fraction of sp³-hybridized carbons (Fsp3) is 0.562. The molecule has 23 heavy (non-hydrogen) atoms. The predicted molar refractivity (Wildman–Crippen MR) is 85.1 cm³/mol. The topological polar surface area (TPSA) is 73.5 Å². The van der Waals surface area contributed by atoms with E-state index in [1.54, 1.807) is 13.3 Å².